The third-order valence-electron chi connectivity index (χ3n) is 4.60. The second kappa shape index (κ2) is 14.7. The lowest BCUT2D eigenvalue weighted by Crippen LogP contribution is -2.28. The lowest BCUT2D eigenvalue weighted by Gasteiger charge is -2.25. The Balaban J connectivity index is 0.00000161. The van der Waals surface area contributed by atoms with E-state index in [1.165, 1.54) is 6.42 Å². The average Bonchev–Trinajstić information content (AvgIpc) is 2.94. The van der Waals surface area contributed by atoms with Crippen molar-refractivity contribution < 1.29 is 9.13 Å². The Kier molecular flexibility index (Phi) is 12.8. The van der Waals surface area contributed by atoms with E-state index >= 15 is 0 Å². The third kappa shape index (κ3) is 11.4. The fraction of sp³-hybridized carbons (Fsp3) is 0.556. The summed E-state index contributed by atoms with van der Waals surface area (Å²) in [5.74, 6) is 0.867. The first kappa shape index (κ1) is 27.8. The zero-order valence-corrected chi connectivity index (χ0v) is 21.1. The zero-order valence-electron chi connectivity index (χ0n) is 21.1. The van der Waals surface area contributed by atoms with Crippen LogP contribution in [-0.4, -0.2) is 33.6 Å². The van der Waals surface area contributed by atoms with E-state index < -0.39 is 0 Å². The molecule has 0 saturated heterocycles. The minimum Gasteiger partial charge on any atom is -0.471 e. The predicted octanol–water partition coefficient (Wildman–Crippen LogP) is 7.21. The molecule has 0 bridgehead atoms. The molecule has 0 spiro atoms. The van der Waals surface area contributed by atoms with Crippen molar-refractivity contribution in [2.45, 2.75) is 79.9 Å². The minimum absolute atomic E-state index is 0.0809. The molecule has 32 heavy (non-hydrogen) atoms. The van der Waals surface area contributed by atoms with Gasteiger partial charge in [-0.2, -0.15) is 0 Å². The molecule has 0 radical (unpaired) electrons. The zero-order chi connectivity index (χ0) is 24.0. The van der Waals surface area contributed by atoms with Crippen LogP contribution >= 0.6 is 0 Å². The number of hydrogen-bond acceptors (Lipinski definition) is 4. The monoisotopic (exact) mass is 443 g/mol. The average molecular weight is 444 g/mol. The second-order valence-corrected chi connectivity index (χ2v) is 9.08. The molecular formula is C27H42FN3O. The molecule has 178 valence electrons. The van der Waals surface area contributed by atoms with E-state index in [1.807, 2.05) is 51.2 Å². The topological polar surface area (TPSA) is 38.2 Å². The number of nitrogens with zero attached hydrogens (tertiary/aromatic N) is 3. The van der Waals surface area contributed by atoms with Gasteiger partial charge in [0.05, 0.1) is 0 Å². The van der Waals surface area contributed by atoms with E-state index in [4.69, 9.17) is 4.74 Å². The molecule has 1 aromatic heterocycles. The molecule has 1 aliphatic carbocycles. The van der Waals surface area contributed by atoms with Gasteiger partial charge in [0.2, 0.25) is 5.88 Å². The molecule has 4 nitrogen and oxygen atoms in total. The number of aromatic nitrogens is 2. The molecule has 1 aliphatic rings. The summed E-state index contributed by atoms with van der Waals surface area (Å²) in [5, 5.41) is 0. The highest BCUT2D eigenvalue weighted by atomic mass is 19.1. The highest BCUT2D eigenvalue weighted by molar-refractivity contribution is 5.37. The maximum Gasteiger partial charge on any atom is 0.237 e. The van der Waals surface area contributed by atoms with Crippen molar-refractivity contribution in [1.29, 1.82) is 0 Å². The quantitative estimate of drug-likeness (QED) is 0.404. The Hall–Kier alpha value is -2.27. The maximum atomic E-state index is 14.0. The smallest absolute Gasteiger partial charge is 0.237 e. The predicted molar refractivity (Wildman–Crippen MR) is 133 cm³/mol. The van der Waals surface area contributed by atoms with Crippen LogP contribution in [0.5, 0.6) is 5.88 Å². The van der Waals surface area contributed by atoms with Gasteiger partial charge in [-0.3, -0.25) is 9.88 Å². The molecule has 1 heterocycles. The van der Waals surface area contributed by atoms with Crippen LogP contribution < -0.4 is 4.74 Å². The molecule has 0 amide bonds. The fourth-order valence-electron chi connectivity index (χ4n) is 2.91. The SMILES string of the molecule is CCC.CCN(CCC(C)C=CC1=C(F)CC=CC=C1)Cc1nccnc1OC(C)(C)C. The summed E-state index contributed by atoms with van der Waals surface area (Å²) >= 11 is 0. The van der Waals surface area contributed by atoms with Crippen molar-refractivity contribution in [2.24, 2.45) is 5.92 Å². The van der Waals surface area contributed by atoms with Gasteiger partial charge in [0.25, 0.3) is 0 Å². The molecule has 0 saturated carbocycles. The van der Waals surface area contributed by atoms with E-state index in [0.717, 1.165) is 25.2 Å². The standard InChI is InChI=1S/C24H34FN3O.C3H8/c1-6-28(18-22-23(27-16-15-26-22)29-24(3,4)5)17-14-19(2)12-13-20-10-8-7-9-11-21(20)25;1-3-2/h7-10,12-13,15-16,19H,6,11,14,17-18H2,1-5H3;3H2,1-2H3. The van der Waals surface area contributed by atoms with Gasteiger partial charge in [-0.15, -0.1) is 0 Å². The van der Waals surface area contributed by atoms with Crippen molar-refractivity contribution >= 4 is 0 Å². The maximum absolute atomic E-state index is 14.0. The Morgan fingerprint density at radius 2 is 1.84 bits per heavy atom. The molecule has 0 aromatic carbocycles. The first-order chi connectivity index (χ1) is 15.2. The van der Waals surface area contributed by atoms with Crippen LogP contribution in [0.4, 0.5) is 4.39 Å². The summed E-state index contributed by atoms with van der Waals surface area (Å²) in [7, 11) is 0. The summed E-state index contributed by atoms with van der Waals surface area (Å²) in [6.45, 7) is 17.1. The van der Waals surface area contributed by atoms with Crippen molar-refractivity contribution in [2.75, 3.05) is 13.1 Å². The van der Waals surface area contributed by atoms with Gasteiger partial charge in [0.15, 0.2) is 0 Å². The molecular weight excluding hydrogens is 401 g/mol. The largest absolute Gasteiger partial charge is 0.471 e. The van der Waals surface area contributed by atoms with Crippen molar-refractivity contribution in [3.63, 3.8) is 0 Å². The third-order valence-corrected chi connectivity index (χ3v) is 4.60. The molecule has 1 unspecified atom stereocenters. The summed E-state index contributed by atoms with van der Waals surface area (Å²) < 4.78 is 20.0. The number of rotatable bonds is 9. The van der Waals surface area contributed by atoms with Crippen LogP contribution in [0.15, 0.2) is 60.2 Å². The number of hydrogen-bond donors (Lipinski definition) is 0. The Bertz CT molecular complexity index is 790. The van der Waals surface area contributed by atoms with Gasteiger partial charge in [-0.25, -0.2) is 9.37 Å². The molecule has 0 fully saturated rings. The number of ether oxygens (including phenoxy) is 1. The first-order valence-corrected chi connectivity index (χ1v) is 11.8. The summed E-state index contributed by atoms with van der Waals surface area (Å²) in [6, 6.07) is 0. The van der Waals surface area contributed by atoms with E-state index in [-0.39, 0.29) is 11.4 Å². The van der Waals surface area contributed by atoms with Crippen LogP contribution in [0.25, 0.3) is 0 Å². The van der Waals surface area contributed by atoms with Crippen molar-refractivity contribution in [3.8, 4) is 5.88 Å². The van der Waals surface area contributed by atoms with E-state index in [0.29, 0.717) is 30.3 Å². The lowest BCUT2D eigenvalue weighted by molar-refractivity contribution is 0.119. The van der Waals surface area contributed by atoms with Gasteiger partial charge in [-0.1, -0.05) is 70.6 Å². The highest BCUT2D eigenvalue weighted by Crippen LogP contribution is 2.21. The Morgan fingerprint density at radius 1 is 1.16 bits per heavy atom. The summed E-state index contributed by atoms with van der Waals surface area (Å²) in [6.07, 6.45) is 17.4. The van der Waals surface area contributed by atoms with Crippen molar-refractivity contribution in [1.82, 2.24) is 14.9 Å². The summed E-state index contributed by atoms with van der Waals surface area (Å²) in [5.41, 5.74) is 1.21. The number of allylic oxidation sites excluding steroid dienone is 8. The van der Waals surface area contributed by atoms with Crippen LogP contribution in [0, 0.1) is 5.92 Å². The molecule has 0 aliphatic heterocycles. The van der Waals surface area contributed by atoms with Crippen LogP contribution in [0.3, 0.4) is 0 Å². The molecule has 0 N–H and O–H groups in total. The normalized spacial score (nSPS) is 15.0. The van der Waals surface area contributed by atoms with E-state index in [9.17, 15) is 4.39 Å². The van der Waals surface area contributed by atoms with E-state index in [1.54, 1.807) is 12.4 Å². The molecule has 5 heteroatoms. The van der Waals surface area contributed by atoms with Crippen LogP contribution in [-0.2, 0) is 6.54 Å². The van der Waals surface area contributed by atoms with Gasteiger partial charge < -0.3 is 4.74 Å². The van der Waals surface area contributed by atoms with Gasteiger partial charge in [0.1, 0.15) is 17.1 Å². The summed E-state index contributed by atoms with van der Waals surface area (Å²) in [4.78, 5) is 11.2. The first-order valence-electron chi connectivity index (χ1n) is 11.8. The Labute approximate surface area is 195 Å². The number of halogens is 1. The van der Waals surface area contributed by atoms with Gasteiger partial charge in [-0.05, 0) is 46.2 Å². The fourth-order valence-corrected chi connectivity index (χ4v) is 2.91. The highest BCUT2D eigenvalue weighted by Gasteiger charge is 2.18. The van der Waals surface area contributed by atoms with Gasteiger partial charge in [0, 0.05) is 30.9 Å². The molecule has 2 rings (SSSR count). The minimum atomic E-state index is -0.312. The second-order valence-electron chi connectivity index (χ2n) is 9.08. The van der Waals surface area contributed by atoms with Crippen LogP contribution in [0.2, 0.25) is 0 Å². The van der Waals surface area contributed by atoms with Gasteiger partial charge >= 0.3 is 0 Å². The Morgan fingerprint density at radius 3 is 2.50 bits per heavy atom. The van der Waals surface area contributed by atoms with E-state index in [2.05, 4.69) is 48.6 Å². The van der Waals surface area contributed by atoms with Crippen LogP contribution in [0.1, 0.15) is 73.4 Å². The lowest BCUT2D eigenvalue weighted by atomic mass is 10.0. The molecule has 1 aromatic rings. The molecule has 1 atom stereocenters. The van der Waals surface area contributed by atoms with Crippen molar-refractivity contribution in [3.05, 3.63) is 65.9 Å².